The van der Waals surface area contributed by atoms with Crippen LogP contribution >= 0.6 is 11.3 Å². The van der Waals surface area contributed by atoms with Crippen molar-refractivity contribution in [3.8, 4) is 0 Å². The fraction of sp³-hybridized carbons (Fsp3) is 0.692. The smallest absolute Gasteiger partial charge is 0.250 e. The van der Waals surface area contributed by atoms with E-state index in [1.165, 1.54) is 11.3 Å². The summed E-state index contributed by atoms with van der Waals surface area (Å²) in [7, 11) is -1.73. The van der Waals surface area contributed by atoms with Crippen molar-refractivity contribution in [3.63, 3.8) is 0 Å². The van der Waals surface area contributed by atoms with Crippen LogP contribution in [0, 0.1) is 0 Å². The van der Waals surface area contributed by atoms with Gasteiger partial charge in [0.2, 0.25) is 10.0 Å². The van der Waals surface area contributed by atoms with Crippen LogP contribution in [0.2, 0.25) is 0 Å². The lowest BCUT2D eigenvalue weighted by molar-refractivity contribution is 0.0236. The van der Waals surface area contributed by atoms with Crippen LogP contribution in [0.3, 0.4) is 0 Å². The lowest BCUT2D eigenvalue weighted by atomic mass is 9.90. The normalized spacial score (nSPS) is 23.0. The van der Waals surface area contributed by atoms with Gasteiger partial charge in [0.1, 0.15) is 4.21 Å². The molecule has 2 N–H and O–H groups in total. The zero-order valence-electron chi connectivity index (χ0n) is 12.0. The highest BCUT2D eigenvalue weighted by atomic mass is 32.2. The molecule has 7 heteroatoms. The number of hydrogen-bond donors (Lipinski definition) is 2. The molecule has 1 aliphatic rings. The van der Waals surface area contributed by atoms with E-state index < -0.39 is 10.0 Å². The third-order valence-electron chi connectivity index (χ3n) is 3.34. The van der Waals surface area contributed by atoms with Gasteiger partial charge in [0.05, 0.1) is 6.10 Å². The number of methoxy groups -OCH3 is 1. The van der Waals surface area contributed by atoms with Gasteiger partial charge in [0.15, 0.2) is 0 Å². The zero-order valence-corrected chi connectivity index (χ0v) is 13.7. The van der Waals surface area contributed by atoms with Gasteiger partial charge in [-0.05, 0) is 25.0 Å². The van der Waals surface area contributed by atoms with E-state index >= 15 is 0 Å². The highest BCUT2D eigenvalue weighted by molar-refractivity contribution is 7.91. The Bertz CT molecular complexity index is 534. The molecule has 0 radical (unpaired) electrons. The number of rotatable bonds is 7. The Kier molecular flexibility index (Phi) is 5.19. The number of sulfonamides is 1. The Morgan fingerprint density at radius 1 is 1.40 bits per heavy atom. The summed E-state index contributed by atoms with van der Waals surface area (Å²) < 4.78 is 32.7. The van der Waals surface area contributed by atoms with Gasteiger partial charge in [-0.25, -0.2) is 13.1 Å². The average molecular weight is 318 g/mol. The van der Waals surface area contributed by atoms with Crippen LogP contribution in [0.5, 0.6) is 0 Å². The second kappa shape index (κ2) is 6.53. The summed E-state index contributed by atoms with van der Waals surface area (Å²) in [6, 6.07) is 3.94. The molecule has 0 aromatic carbocycles. The predicted molar refractivity (Wildman–Crippen MR) is 80.4 cm³/mol. The van der Waals surface area contributed by atoms with E-state index in [1.807, 2.05) is 6.07 Å². The first-order valence-electron chi connectivity index (χ1n) is 6.78. The van der Waals surface area contributed by atoms with E-state index in [0.717, 1.165) is 17.7 Å². The third-order valence-corrected chi connectivity index (χ3v) is 6.43. The fourth-order valence-corrected chi connectivity index (χ4v) is 4.62. The maximum Gasteiger partial charge on any atom is 0.250 e. The molecule has 1 aromatic rings. The molecular weight excluding hydrogens is 296 g/mol. The maximum absolute atomic E-state index is 12.2. The quantitative estimate of drug-likeness (QED) is 0.803. The van der Waals surface area contributed by atoms with E-state index in [-0.39, 0.29) is 12.1 Å². The number of nitrogens with one attached hydrogen (secondary N) is 2. The molecule has 0 spiro atoms. The molecule has 5 nitrogen and oxygen atoms in total. The predicted octanol–water partition coefficient (Wildman–Crippen LogP) is 1.70. The molecule has 20 heavy (non-hydrogen) atoms. The molecule has 1 saturated carbocycles. The summed E-state index contributed by atoms with van der Waals surface area (Å²) in [5.74, 6) is 0. The van der Waals surface area contributed by atoms with Gasteiger partial charge < -0.3 is 10.1 Å². The van der Waals surface area contributed by atoms with Crippen molar-refractivity contribution in [2.75, 3.05) is 7.11 Å². The van der Waals surface area contributed by atoms with Crippen molar-refractivity contribution in [1.29, 1.82) is 0 Å². The van der Waals surface area contributed by atoms with Gasteiger partial charge in [0, 0.05) is 30.6 Å². The molecule has 0 atom stereocenters. The second-order valence-electron chi connectivity index (χ2n) is 5.40. The highest BCUT2D eigenvalue weighted by Gasteiger charge is 2.33. The molecular formula is C13H22N2O3S2. The van der Waals surface area contributed by atoms with Crippen LogP contribution in [-0.2, 0) is 21.3 Å². The molecule has 2 rings (SSSR count). The summed E-state index contributed by atoms with van der Waals surface area (Å²) in [6.07, 6.45) is 1.70. The third kappa shape index (κ3) is 4.02. The van der Waals surface area contributed by atoms with Crippen molar-refractivity contribution in [2.24, 2.45) is 0 Å². The highest BCUT2D eigenvalue weighted by Crippen LogP contribution is 2.27. The van der Waals surface area contributed by atoms with Crippen LogP contribution in [0.4, 0.5) is 0 Å². The Hall–Kier alpha value is -0.470. The first-order valence-corrected chi connectivity index (χ1v) is 9.08. The van der Waals surface area contributed by atoms with Crippen LogP contribution < -0.4 is 10.0 Å². The van der Waals surface area contributed by atoms with Gasteiger partial charge in [0.25, 0.3) is 0 Å². The SMILES string of the molecule is COC1CC(NS(=O)(=O)c2ccc(CNC(C)C)s2)C1. The van der Waals surface area contributed by atoms with Crippen molar-refractivity contribution < 1.29 is 13.2 Å². The summed E-state index contributed by atoms with van der Waals surface area (Å²) in [4.78, 5) is 1.03. The van der Waals surface area contributed by atoms with Crippen LogP contribution in [0.15, 0.2) is 16.3 Å². The Morgan fingerprint density at radius 3 is 2.70 bits per heavy atom. The average Bonchev–Trinajstić information content (AvgIpc) is 2.80. The van der Waals surface area contributed by atoms with E-state index in [2.05, 4.69) is 23.9 Å². The Balaban J connectivity index is 1.92. The molecule has 1 heterocycles. The standard InChI is InChI=1S/C13H22N2O3S2/c1-9(2)14-8-12-4-5-13(19-12)20(16,17)15-10-6-11(7-10)18-3/h4-5,9-11,14-15H,6-8H2,1-3H3. The van der Waals surface area contributed by atoms with Gasteiger partial charge >= 0.3 is 0 Å². The molecule has 0 aliphatic heterocycles. The molecule has 1 fully saturated rings. The molecule has 1 aromatic heterocycles. The van der Waals surface area contributed by atoms with Gasteiger partial charge in [-0.3, -0.25) is 0 Å². The van der Waals surface area contributed by atoms with Gasteiger partial charge in [-0.1, -0.05) is 13.8 Å². The minimum atomic E-state index is -3.38. The number of ether oxygens (including phenoxy) is 1. The van der Waals surface area contributed by atoms with Crippen molar-refractivity contribution in [2.45, 2.75) is 55.6 Å². The zero-order chi connectivity index (χ0) is 14.8. The van der Waals surface area contributed by atoms with Gasteiger partial charge in [-0.15, -0.1) is 11.3 Å². The Labute approximate surface area is 124 Å². The first-order chi connectivity index (χ1) is 9.40. The first kappa shape index (κ1) is 15.9. The minimum absolute atomic E-state index is 0.00397. The lowest BCUT2D eigenvalue weighted by Crippen LogP contribution is -2.47. The van der Waals surface area contributed by atoms with E-state index in [0.29, 0.717) is 16.8 Å². The molecule has 0 amide bonds. The molecule has 114 valence electrons. The molecule has 0 saturated heterocycles. The molecule has 1 aliphatic carbocycles. The minimum Gasteiger partial charge on any atom is -0.381 e. The largest absolute Gasteiger partial charge is 0.381 e. The number of thiophene rings is 1. The summed E-state index contributed by atoms with van der Waals surface area (Å²) in [5, 5.41) is 3.28. The molecule has 0 bridgehead atoms. The topological polar surface area (TPSA) is 67.4 Å². The fourth-order valence-electron chi connectivity index (χ4n) is 2.03. The summed E-state index contributed by atoms with van der Waals surface area (Å²) >= 11 is 1.32. The van der Waals surface area contributed by atoms with E-state index in [9.17, 15) is 8.42 Å². The van der Waals surface area contributed by atoms with Gasteiger partial charge in [-0.2, -0.15) is 0 Å². The summed E-state index contributed by atoms with van der Waals surface area (Å²) in [6.45, 7) is 4.83. The van der Waals surface area contributed by atoms with Crippen molar-refractivity contribution >= 4 is 21.4 Å². The van der Waals surface area contributed by atoms with Crippen molar-refractivity contribution in [1.82, 2.24) is 10.0 Å². The lowest BCUT2D eigenvalue weighted by Gasteiger charge is -2.34. The van der Waals surface area contributed by atoms with Crippen LogP contribution in [-0.4, -0.2) is 33.7 Å². The van der Waals surface area contributed by atoms with Crippen molar-refractivity contribution in [3.05, 3.63) is 17.0 Å². The molecule has 0 unspecified atom stereocenters. The van der Waals surface area contributed by atoms with Crippen LogP contribution in [0.1, 0.15) is 31.6 Å². The van der Waals surface area contributed by atoms with Crippen LogP contribution in [0.25, 0.3) is 0 Å². The number of hydrogen-bond acceptors (Lipinski definition) is 5. The maximum atomic E-state index is 12.2. The Morgan fingerprint density at radius 2 is 2.10 bits per heavy atom. The second-order valence-corrected chi connectivity index (χ2v) is 8.51. The summed E-state index contributed by atoms with van der Waals surface area (Å²) in [5.41, 5.74) is 0. The van der Waals surface area contributed by atoms with E-state index in [1.54, 1.807) is 13.2 Å². The van der Waals surface area contributed by atoms with E-state index in [4.69, 9.17) is 4.74 Å². The monoisotopic (exact) mass is 318 g/mol.